The van der Waals surface area contributed by atoms with Crippen LogP contribution in [0.4, 0.5) is 0 Å². The van der Waals surface area contributed by atoms with E-state index >= 15 is 0 Å². The SMILES string of the molecule is COCC[C@H]1CCOC12CCN(S(=O)(=O)c1ccc(C)cc1)CC2. The summed E-state index contributed by atoms with van der Waals surface area (Å²) >= 11 is 0. The highest BCUT2D eigenvalue weighted by atomic mass is 32.2. The Morgan fingerprint density at radius 2 is 1.92 bits per heavy atom. The number of sulfonamides is 1. The molecule has 2 aliphatic rings. The molecule has 0 amide bonds. The number of rotatable bonds is 5. The van der Waals surface area contributed by atoms with Gasteiger partial charge in [-0.3, -0.25) is 0 Å². The van der Waals surface area contributed by atoms with Gasteiger partial charge in [0.05, 0.1) is 10.5 Å². The maximum atomic E-state index is 12.8. The summed E-state index contributed by atoms with van der Waals surface area (Å²) < 4.78 is 38.6. The molecule has 1 atom stereocenters. The van der Waals surface area contributed by atoms with E-state index in [1.807, 2.05) is 19.1 Å². The maximum Gasteiger partial charge on any atom is 0.243 e. The number of methoxy groups -OCH3 is 1. The molecular weight excluding hydrogens is 326 g/mol. The van der Waals surface area contributed by atoms with Crippen LogP contribution in [0.3, 0.4) is 0 Å². The van der Waals surface area contributed by atoms with Crippen molar-refractivity contribution in [3.63, 3.8) is 0 Å². The van der Waals surface area contributed by atoms with Crippen molar-refractivity contribution in [2.45, 2.75) is 43.1 Å². The van der Waals surface area contributed by atoms with Crippen molar-refractivity contribution in [3.8, 4) is 0 Å². The average molecular weight is 353 g/mol. The molecule has 3 rings (SSSR count). The van der Waals surface area contributed by atoms with E-state index in [4.69, 9.17) is 9.47 Å². The van der Waals surface area contributed by atoms with E-state index in [9.17, 15) is 8.42 Å². The number of nitrogens with zero attached hydrogens (tertiary/aromatic N) is 1. The average Bonchev–Trinajstić information content (AvgIpc) is 2.96. The number of ether oxygens (including phenoxy) is 2. The highest BCUT2D eigenvalue weighted by Gasteiger charge is 2.47. The van der Waals surface area contributed by atoms with Crippen molar-refractivity contribution in [2.75, 3.05) is 33.4 Å². The molecule has 0 bridgehead atoms. The number of hydrogen-bond donors (Lipinski definition) is 0. The molecule has 6 heteroatoms. The fraction of sp³-hybridized carbons (Fsp3) is 0.667. The third-order valence-corrected chi connectivity index (χ3v) is 7.41. The number of benzene rings is 1. The van der Waals surface area contributed by atoms with E-state index in [1.165, 1.54) is 0 Å². The minimum absolute atomic E-state index is 0.155. The number of aryl methyl sites for hydroxylation is 1. The Kier molecular flexibility index (Phi) is 5.30. The third kappa shape index (κ3) is 3.38. The van der Waals surface area contributed by atoms with Crippen LogP contribution in [0, 0.1) is 12.8 Å². The van der Waals surface area contributed by atoms with E-state index < -0.39 is 10.0 Å². The Morgan fingerprint density at radius 1 is 1.25 bits per heavy atom. The third-order valence-electron chi connectivity index (χ3n) is 5.50. The quantitative estimate of drug-likeness (QED) is 0.816. The molecule has 0 radical (unpaired) electrons. The second-order valence-electron chi connectivity index (χ2n) is 6.90. The maximum absolute atomic E-state index is 12.8. The molecule has 2 fully saturated rings. The first kappa shape index (κ1) is 17.9. The highest BCUT2D eigenvalue weighted by Crippen LogP contribution is 2.43. The Morgan fingerprint density at radius 3 is 2.54 bits per heavy atom. The summed E-state index contributed by atoms with van der Waals surface area (Å²) in [7, 11) is -1.68. The molecular formula is C18H27NO4S. The Bertz CT molecular complexity index is 648. The lowest BCUT2D eigenvalue weighted by molar-refractivity contribution is -0.0603. The second-order valence-corrected chi connectivity index (χ2v) is 8.84. The summed E-state index contributed by atoms with van der Waals surface area (Å²) in [6.07, 6.45) is 3.58. The first-order valence-corrected chi connectivity index (χ1v) is 10.1. The van der Waals surface area contributed by atoms with Crippen molar-refractivity contribution in [3.05, 3.63) is 29.8 Å². The van der Waals surface area contributed by atoms with Crippen molar-refractivity contribution in [2.24, 2.45) is 5.92 Å². The fourth-order valence-electron chi connectivity index (χ4n) is 3.97. The van der Waals surface area contributed by atoms with Gasteiger partial charge in [0.25, 0.3) is 0 Å². The minimum Gasteiger partial charge on any atom is -0.385 e. The zero-order valence-corrected chi connectivity index (χ0v) is 15.3. The van der Waals surface area contributed by atoms with Crippen LogP contribution in [0.25, 0.3) is 0 Å². The van der Waals surface area contributed by atoms with Gasteiger partial charge in [-0.1, -0.05) is 17.7 Å². The van der Waals surface area contributed by atoms with Gasteiger partial charge in [-0.2, -0.15) is 4.31 Å². The van der Waals surface area contributed by atoms with Gasteiger partial charge in [0.1, 0.15) is 0 Å². The van der Waals surface area contributed by atoms with Gasteiger partial charge >= 0.3 is 0 Å². The van der Waals surface area contributed by atoms with E-state index in [1.54, 1.807) is 23.5 Å². The van der Waals surface area contributed by atoms with Gasteiger partial charge in [-0.15, -0.1) is 0 Å². The van der Waals surface area contributed by atoms with Crippen LogP contribution in [0.5, 0.6) is 0 Å². The highest BCUT2D eigenvalue weighted by molar-refractivity contribution is 7.89. The van der Waals surface area contributed by atoms with Gasteiger partial charge in [0.15, 0.2) is 0 Å². The van der Waals surface area contributed by atoms with Crippen LogP contribution in [0.15, 0.2) is 29.2 Å². The van der Waals surface area contributed by atoms with E-state index in [0.717, 1.165) is 44.5 Å². The molecule has 1 aromatic carbocycles. The summed E-state index contributed by atoms with van der Waals surface area (Å²) in [6.45, 7) is 4.53. The fourth-order valence-corrected chi connectivity index (χ4v) is 5.41. The molecule has 2 heterocycles. The van der Waals surface area contributed by atoms with Crippen molar-refractivity contribution >= 4 is 10.0 Å². The van der Waals surface area contributed by atoms with Gasteiger partial charge in [-0.05, 0) is 50.7 Å². The topological polar surface area (TPSA) is 55.8 Å². The molecule has 2 aliphatic heterocycles. The van der Waals surface area contributed by atoms with Crippen LogP contribution in [0.2, 0.25) is 0 Å². The molecule has 0 unspecified atom stereocenters. The summed E-state index contributed by atoms with van der Waals surface area (Å²) in [6, 6.07) is 7.09. The van der Waals surface area contributed by atoms with Gasteiger partial charge in [0.2, 0.25) is 10.0 Å². The lowest BCUT2D eigenvalue weighted by Crippen LogP contribution is -2.49. The standard InChI is InChI=1S/C18H27NO4S/c1-15-3-5-17(6-4-15)24(20,21)19-11-9-18(10-12-19)16(7-13-22-2)8-14-23-18/h3-6,16H,7-14H2,1-2H3/t16-/m0/s1. The number of hydrogen-bond acceptors (Lipinski definition) is 4. The van der Waals surface area contributed by atoms with E-state index in [-0.39, 0.29) is 5.60 Å². The van der Waals surface area contributed by atoms with Crippen LogP contribution in [-0.2, 0) is 19.5 Å². The van der Waals surface area contributed by atoms with Crippen molar-refractivity contribution < 1.29 is 17.9 Å². The molecule has 0 aliphatic carbocycles. The lowest BCUT2D eigenvalue weighted by Gasteiger charge is -2.41. The molecule has 1 spiro atoms. The second kappa shape index (κ2) is 7.12. The van der Waals surface area contributed by atoms with Gasteiger partial charge in [0, 0.05) is 33.4 Å². The summed E-state index contributed by atoms with van der Waals surface area (Å²) in [4.78, 5) is 0.382. The molecule has 1 aromatic rings. The van der Waals surface area contributed by atoms with Gasteiger partial charge < -0.3 is 9.47 Å². The van der Waals surface area contributed by atoms with Crippen LogP contribution in [0.1, 0.15) is 31.2 Å². The molecule has 5 nitrogen and oxygen atoms in total. The smallest absolute Gasteiger partial charge is 0.243 e. The van der Waals surface area contributed by atoms with E-state index in [0.29, 0.717) is 23.9 Å². The number of piperidine rings is 1. The minimum atomic E-state index is -3.41. The largest absolute Gasteiger partial charge is 0.385 e. The Hall–Kier alpha value is -0.950. The molecule has 2 saturated heterocycles. The molecule has 0 N–H and O–H groups in total. The molecule has 134 valence electrons. The van der Waals surface area contributed by atoms with Crippen molar-refractivity contribution in [1.82, 2.24) is 4.31 Å². The first-order valence-electron chi connectivity index (χ1n) is 8.68. The zero-order chi connectivity index (χ0) is 17.2. The normalized spacial score (nSPS) is 24.5. The Labute approximate surface area is 145 Å². The lowest BCUT2D eigenvalue weighted by atomic mass is 9.78. The van der Waals surface area contributed by atoms with Crippen molar-refractivity contribution in [1.29, 1.82) is 0 Å². The van der Waals surface area contributed by atoms with E-state index in [2.05, 4.69) is 0 Å². The summed E-state index contributed by atoms with van der Waals surface area (Å²) in [5.41, 5.74) is 0.907. The molecule has 0 aromatic heterocycles. The predicted octanol–water partition coefficient (Wildman–Crippen LogP) is 2.59. The molecule has 24 heavy (non-hydrogen) atoms. The zero-order valence-electron chi connectivity index (χ0n) is 14.5. The van der Waals surface area contributed by atoms with Crippen LogP contribution in [-0.4, -0.2) is 51.7 Å². The van der Waals surface area contributed by atoms with Crippen LogP contribution >= 0.6 is 0 Å². The Balaban J connectivity index is 1.69. The predicted molar refractivity (Wildman–Crippen MR) is 92.5 cm³/mol. The molecule has 0 saturated carbocycles. The first-order chi connectivity index (χ1) is 11.5. The van der Waals surface area contributed by atoms with Crippen LogP contribution < -0.4 is 0 Å². The summed E-state index contributed by atoms with van der Waals surface area (Å²) in [5.74, 6) is 0.474. The van der Waals surface area contributed by atoms with Gasteiger partial charge in [-0.25, -0.2) is 8.42 Å². The monoisotopic (exact) mass is 353 g/mol. The summed E-state index contributed by atoms with van der Waals surface area (Å²) in [5, 5.41) is 0.